The van der Waals surface area contributed by atoms with Gasteiger partial charge in [0.05, 0.1) is 7.11 Å². The van der Waals surface area contributed by atoms with Crippen molar-refractivity contribution in [3.63, 3.8) is 0 Å². The highest BCUT2D eigenvalue weighted by atomic mass is 16.5. The minimum atomic E-state index is -0.562. The number of hydrogen-bond donors (Lipinski definition) is 2. The quantitative estimate of drug-likeness (QED) is 0.794. The third-order valence-corrected chi connectivity index (χ3v) is 5.58. The Balaban J connectivity index is 1.41. The van der Waals surface area contributed by atoms with Gasteiger partial charge in [-0.1, -0.05) is 24.3 Å². The maximum atomic E-state index is 13.0. The highest BCUT2D eigenvalue weighted by molar-refractivity contribution is 5.97. The van der Waals surface area contributed by atoms with Crippen molar-refractivity contribution >= 4 is 11.8 Å². The second kappa shape index (κ2) is 8.13. The Bertz CT molecular complexity index is 899. The van der Waals surface area contributed by atoms with Crippen LogP contribution in [0.1, 0.15) is 11.1 Å². The van der Waals surface area contributed by atoms with Gasteiger partial charge in [-0.05, 0) is 35.4 Å². The lowest BCUT2D eigenvalue weighted by atomic mass is 9.98. The standard InChI is InChI=1S/C22H25N3O4/c1-29-18-4-2-3-16(11-18)13-24-9-10-25-20(14-24)21(27)23-19(22(25)28)12-15-5-7-17(26)8-6-15/h2-8,11,19-20,26H,9-10,12-14H2,1H3,(H,23,27)/t19-,20+/m0/s1. The van der Waals surface area contributed by atoms with Gasteiger partial charge in [-0.2, -0.15) is 0 Å². The van der Waals surface area contributed by atoms with Gasteiger partial charge < -0.3 is 20.1 Å². The molecule has 2 N–H and O–H groups in total. The molecule has 0 aliphatic carbocycles. The van der Waals surface area contributed by atoms with E-state index >= 15 is 0 Å². The number of piperazine rings is 2. The number of nitrogens with one attached hydrogen (secondary N) is 1. The fourth-order valence-corrected chi connectivity index (χ4v) is 4.04. The summed E-state index contributed by atoms with van der Waals surface area (Å²) < 4.78 is 5.28. The first-order valence-electron chi connectivity index (χ1n) is 9.77. The number of hydrogen-bond acceptors (Lipinski definition) is 5. The number of phenolic OH excluding ortho intramolecular Hbond substituents is 1. The first-order valence-corrected chi connectivity index (χ1v) is 9.77. The molecule has 2 fully saturated rings. The third-order valence-electron chi connectivity index (χ3n) is 5.58. The molecular formula is C22H25N3O4. The van der Waals surface area contributed by atoms with E-state index in [0.717, 1.165) is 23.4 Å². The predicted octanol–water partition coefficient (Wildman–Crippen LogP) is 1.15. The molecule has 2 heterocycles. The van der Waals surface area contributed by atoms with Crippen LogP contribution in [0.25, 0.3) is 0 Å². The van der Waals surface area contributed by atoms with Crippen LogP contribution in [0.5, 0.6) is 11.5 Å². The van der Waals surface area contributed by atoms with E-state index in [4.69, 9.17) is 4.74 Å². The Morgan fingerprint density at radius 3 is 2.66 bits per heavy atom. The number of carbonyl (C=O) groups excluding carboxylic acids is 2. The van der Waals surface area contributed by atoms with E-state index < -0.39 is 12.1 Å². The van der Waals surface area contributed by atoms with Gasteiger partial charge >= 0.3 is 0 Å². The molecule has 2 atom stereocenters. The molecule has 0 bridgehead atoms. The summed E-state index contributed by atoms with van der Waals surface area (Å²) in [6.07, 6.45) is 0.418. The highest BCUT2D eigenvalue weighted by Gasteiger charge is 2.43. The summed E-state index contributed by atoms with van der Waals surface area (Å²) in [5, 5.41) is 12.3. The lowest BCUT2D eigenvalue weighted by molar-refractivity contribution is -0.153. The van der Waals surface area contributed by atoms with Crippen LogP contribution in [0.2, 0.25) is 0 Å². The maximum absolute atomic E-state index is 13.0. The van der Waals surface area contributed by atoms with Crippen LogP contribution >= 0.6 is 0 Å². The Morgan fingerprint density at radius 2 is 1.90 bits per heavy atom. The normalized spacial score (nSPS) is 22.2. The molecule has 0 unspecified atom stereocenters. The topological polar surface area (TPSA) is 82.1 Å². The van der Waals surface area contributed by atoms with Crippen LogP contribution in [0.3, 0.4) is 0 Å². The first-order chi connectivity index (χ1) is 14.0. The highest BCUT2D eigenvalue weighted by Crippen LogP contribution is 2.21. The lowest BCUT2D eigenvalue weighted by Gasteiger charge is -2.45. The molecule has 152 valence electrons. The van der Waals surface area contributed by atoms with E-state index in [0.29, 0.717) is 26.1 Å². The second-order valence-corrected chi connectivity index (χ2v) is 7.57. The van der Waals surface area contributed by atoms with Crippen molar-refractivity contribution in [2.45, 2.75) is 25.0 Å². The van der Waals surface area contributed by atoms with Crippen molar-refractivity contribution in [3.8, 4) is 11.5 Å². The number of ether oxygens (including phenoxy) is 1. The Morgan fingerprint density at radius 1 is 1.10 bits per heavy atom. The van der Waals surface area contributed by atoms with Crippen LogP contribution in [-0.2, 0) is 22.6 Å². The molecule has 2 amide bonds. The maximum Gasteiger partial charge on any atom is 0.246 e. The van der Waals surface area contributed by atoms with Crippen molar-refractivity contribution in [2.24, 2.45) is 0 Å². The average molecular weight is 395 g/mol. The Kier molecular flexibility index (Phi) is 5.40. The smallest absolute Gasteiger partial charge is 0.246 e. The number of methoxy groups -OCH3 is 1. The lowest BCUT2D eigenvalue weighted by Crippen LogP contribution is -2.69. The fraction of sp³-hybridized carbons (Fsp3) is 0.364. The molecular weight excluding hydrogens is 370 g/mol. The summed E-state index contributed by atoms with van der Waals surface area (Å²) >= 11 is 0. The Labute approximate surface area is 169 Å². The molecule has 0 saturated carbocycles. The molecule has 7 heteroatoms. The van der Waals surface area contributed by atoms with Gasteiger partial charge in [-0.25, -0.2) is 0 Å². The number of aromatic hydroxyl groups is 1. The van der Waals surface area contributed by atoms with Crippen molar-refractivity contribution in [1.29, 1.82) is 0 Å². The van der Waals surface area contributed by atoms with Crippen LogP contribution in [-0.4, -0.2) is 65.5 Å². The first kappa shape index (κ1) is 19.3. The molecule has 4 rings (SSSR count). The number of benzene rings is 2. The van der Waals surface area contributed by atoms with Gasteiger partial charge in [-0.3, -0.25) is 14.5 Å². The summed E-state index contributed by atoms with van der Waals surface area (Å²) in [6.45, 7) is 2.48. The van der Waals surface area contributed by atoms with Gasteiger partial charge in [-0.15, -0.1) is 0 Å². The van der Waals surface area contributed by atoms with Crippen LogP contribution in [0.15, 0.2) is 48.5 Å². The average Bonchev–Trinajstić information content (AvgIpc) is 2.73. The zero-order chi connectivity index (χ0) is 20.4. The van der Waals surface area contributed by atoms with Gasteiger partial charge in [0.1, 0.15) is 23.6 Å². The zero-order valence-electron chi connectivity index (χ0n) is 16.4. The molecule has 7 nitrogen and oxygen atoms in total. The number of amides is 2. The van der Waals surface area contributed by atoms with Gasteiger partial charge in [0.15, 0.2) is 0 Å². The largest absolute Gasteiger partial charge is 0.508 e. The van der Waals surface area contributed by atoms with Crippen molar-refractivity contribution in [3.05, 3.63) is 59.7 Å². The Hall–Kier alpha value is -3.06. The minimum Gasteiger partial charge on any atom is -0.508 e. The molecule has 2 aromatic carbocycles. The van der Waals surface area contributed by atoms with E-state index in [1.807, 2.05) is 24.3 Å². The molecule has 0 radical (unpaired) electrons. The van der Waals surface area contributed by atoms with E-state index in [1.54, 1.807) is 36.3 Å². The second-order valence-electron chi connectivity index (χ2n) is 7.57. The number of phenols is 1. The number of carbonyl (C=O) groups is 2. The van der Waals surface area contributed by atoms with Crippen LogP contribution in [0, 0.1) is 0 Å². The molecule has 2 aliphatic heterocycles. The van der Waals surface area contributed by atoms with Crippen molar-refractivity contribution < 1.29 is 19.4 Å². The van der Waals surface area contributed by atoms with E-state index in [9.17, 15) is 14.7 Å². The fourth-order valence-electron chi connectivity index (χ4n) is 4.04. The summed E-state index contributed by atoms with van der Waals surface area (Å²) in [4.78, 5) is 29.6. The van der Waals surface area contributed by atoms with Crippen LogP contribution in [0.4, 0.5) is 0 Å². The molecule has 0 spiro atoms. The predicted molar refractivity (Wildman–Crippen MR) is 108 cm³/mol. The summed E-state index contributed by atoms with van der Waals surface area (Å²) in [7, 11) is 1.64. The van der Waals surface area contributed by atoms with Gasteiger partial charge in [0.2, 0.25) is 11.8 Å². The van der Waals surface area contributed by atoms with Gasteiger partial charge in [0, 0.05) is 32.6 Å². The third kappa shape index (κ3) is 4.19. The zero-order valence-corrected chi connectivity index (χ0v) is 16.4. The summed E-state index contributed by atoms with van der Waals surface area (Å²) in [5.41, 5.74) is 2.02. The van der Waals surface area contributed by atoms with E-state index in [1.165, 1.54) is 0 Å². The minimum absolute atomic E-state index is 0.0382. The number of fused-ring (bicyclic) bond motifs is 1. The SMILES string of the molecule is COc1cccc(CN2CCN3C(=O)[C@H](Cc4ccc(O)cc4)NC(=O)[C@H]3C2)c1. The molecule has 29 heavy (non-hydrogen) atoms. The van der Waals surface area contributed by atoms with Crippen molar-refractivity contribution in [1.82, 2.24) is 15.1 Å². The summed E-state index contributed by atoms with van der Waals surface area (Å²) in [5.74, 6) is 0.844. The molecule has 0 aromatic heterocycles. The molecule has 2 aliphatic rings. The molecule has 2 aromatic rings. The van der Waals surface area contributed by atoms with Crippen LogP contribution < -0.4 is 10.1 Å². The molecule has 2 saturated heterocycles. The van der Waals surface area contributed by atoms with E-state index in [2.05, 4.69) is 10.2 Å². The monoisotopic (exact) mass is 395 g/mol. The van der Waals surface area contributed by atoms with E-state index in [-0.39, 0.29) is 17.6 Å². The van der Waals surface area contributed by atoms with Gasteiger partial charge in [0.25, 0.3) is 0 Å². The summed E-state index contributed by atoms with van der Waals surface area (Å²) in [6, 6.07) is 13.6. The van der Waals surface area contributed by atoms with Crippen molar-refractivity contribution in [2.75, 3.05) is 26.7 Å². The number of nitrogens with zero attached hydrogens (tertiary/aromatic N) is 2. The number of rotatable bonds is 5.